The van der Waals surface area contributed by atoms with Gasteiger partial charge >= 0.3 is 0 Å². The standard InChI is InChI=1S/C20H20F2N2O5/c1-11(29-13-5-6-14(21)15(22)9-13)20(25)24-16(10-23)12-7-17(26-2)19(28-4)18(8-12)27-3/h5-9,11,16H,1-4H3,(H,24,25). The predicted molar refractivity (Wildman–Crippen MR) is 99.0 cm³/mol. The molecule has 0 fully saturated rings. The van der Waals surface area contributed by atoms with E-state index < -0.39 is 29.7 Å². The third-order valence-corrected chi connectivity index (χ3v) is 4.01. The highest BCUT2D eigenvalue weighted by atomic mass is 19.2. The molecule has 0 bridgehead atoms. The Morgan fingerprint density at radius 1 is 1.03 bits per heavy atom. The Kier molecular flexibility index (Phi) is 7.20. The topological polar surface area (TPSA) is 89.8 Å². The average molecular weight is 406 g/mol. The Hall–Kier alpha value is -3.54. The first kappa shape index (κ1) is 21.8. The molecule has 0 spiro atoms. The number of rotatable bonds is 8. The molecule has 0 aliphatic heterocycles. The lowest BCUT2D eigenvalue weighted by Gasteiger charge is -2.19. The van der Waals surface area contributed by atoms with Gasteiger partial charge in [-0.2, -0.15) is 5.26 Å². The van der Waals surface area contributed by atoms with Gasteiger partial charge in [-0.1, -0.05) is 0 Å². The van der Waals surface area contributed by atoms with Crippen LogP contribution in [0.5, 0.6) is 23.0 Å². The summed E-state index contributed by atoms with van der Waals surface area (Å²) >= 11 is 0. The van der Waals surface area contributed by atoms with Gasteiger partial charge in [0, 0.05) is 6.07 Å². The second-order valence-electron chi connectivity index (χ2n) is 5.87. The van der Waals surface area contributed by atoms with Crippen molar-refractivity contribution in [1.82, 2.24) is 5.32 Å². The summed E-state index contributed by atoms with van der Waals surface area (Å²) in [4.78, 5) is 12.4. The smallest absolute Gasteiger partial charge is 0.262 e. The van der Waals surface area contributed by atoms with E-state index in [4.69, 9.17) is 18.9 Å². The molecule has 1 N–H and O–H groups in total. The van der Waals surface area contributed by atoms with E-state index in [1.807, 2.05) is 6.07 Å². The van der Waals surface area contributed by atoms with Crippen molar-refractivity contribution in [2.24, 2.45) is 0 Å². The van der Waals surface area contributed by atoms with E-state index in [9.17, 15) is 18.8 Å². The molecule has 9 heteroatoms. The molecule has 0 saturated carbocycles. The Balaban J connectivity index is 2.19. The molecule has 0 aromatic heterocycles. The maximum Gasteiger partial charge on any atom is 0.262 e. The number of carbonyl (C=O) groups is 1. The van der Waals surface area contributed by atoms with Gasteiger partial charge in [0.25, 0.3) is 5.91 Å². The van der Waals surface area contributed by atoms with Crippen LogP contribution in [0, 0.1) is 23.0 Å². The van der Waals surface area contributed by atoms with Crippen LogP contribution in [0.1, 0.15) is 18.5 Å². The van der Waals surface area contributed by atoms with Gasteiger partial charge in [-0.25, -0.2) is 8.78 Å². The summed E-state index contributed by atoms with van der Waals surface area (Å²) in [6.07, 6.45) is -1.07. The van der Waals surface area contributed by atoms with Gasteiger partial charge in [0.1, 0.15) is 11.8 Å². The van der Waals surface area contributed by atoms with Crippen LogP contribution in [-0.2, 0) is 4.79 Å². The Morgan fingerprint density at radius 3 is 2.14 bits per heavy atom. The molecule has 2 aromatic carbocycles. The quantitative estimate of drug-likeness (QED) is 0.725. The summed E-state index contributed by atoms with van der Waals surface area (Å²) in [6, 6.07) is 6.93. The van der Waals surface area contributed by atoms with E-state index >= 15 is 0 Å². The summed E-state index contributed by atoms with van der Waals surface area (Å²) in [7, 11) is 4.30. The van der Waals surface area contributed by atoms with Crippen molar-refractivity contribution in [1.29, 1.82) is 5.26 Å². The molecule has 0 aliphatic carbocycles. The van der Waals surface area contributed by atoms with E-state index in [1.54, 1.807) is 0 Å². The highest BCUT2D eigenvalue weighted by molar-refractivity contribution is 5.81. The number of nitrogens with one attached hydrogen (secondary N) is 1. The molecule has 154 valence electrons. The number of nitriles is 1. The van der Waals surface area contributed by atoms with E-state index in [-0.39, 0.29) is 5.75 Å². The maximum absolute atomic E-state index is 13.3. The average Bonchev–Trinajstić information content (AvgIpc) is 2.73. The van der Waals surface area contributed by atoms with Gasteiger partial charge in [-0.3, -0.25) is 4.79 Å². The molecule has 0 aliphatic rings. The second kappa shape index (κ2) is 9.59. The van der Waals surface area contributed by atoms with Crippen LogP contribution in [0.2, 0.25) is 0 Å². The lowest BCUT2D eigenvalue weighted by Crippen LogP contribution is -2.38. The summed E-state index contributed by atoms with van der Waals surface area (Å²) in [5.41, 5.74) is 0.398. The van der Waals surface area contributed by atoms with Gasteiger partial charge in [0.05, 0.1) is 27.4 Å². The second-order valence-corrected chi connectivity index (χ2v) is 5.87. The third-order valence-electron chi connectivity index (χ3n) is 4.01. The lowest BCUT2D eigenvalue weighted by atomic mass is 10.1. The highest BCUT2D eigenvalue weighted by Crippen LogP contribution is 2.39. The molecule has 2 atom stereocenters. The van der Waals surface area contributed by atoms with Gasteiger partial charge in [-0.05, 0) is 36.8 Å². The number of halogens is 2. The molecule has 0 saturated heterocycles. The Morgan fingerprint density at radius 2 is 1.66 bits per heavy atom. The summed E-state index contributed by atoms with van der Waals surface area (Å²) in [5.74, 6) is -1.78. The van der Waals surface area contributed by atoms with E-state index in [0.29, 0.717) is 22.8 Å². The number of carbonyl (C=O) groups excluding carboxylic acids is 1. The first-order valence-electron chi connectivity index (χ1n) is 8.46. The van der Waals surface area contributed by atoms with Crippen molar-refractivity contribution in [3.63, 3.8) is 0 Å². The fraction of sp³-hybridized carbons (Fsp3) is 0.300. The SMILES string of the molecule is COc1cc(C(C#N)NC(=O)C(C)Oc2ccc(F)c(F)c2)cc(OC)c1OC. The molecule has 2 unspecified atom stereocenters. The normalized spacial score (nSPS) is 12.3. The van der Waals surface area contributed by atoms with Crippen LogP contribution in [0.4, 0.5) is 8.78 Å². The number of methoxy groups -OCH3 is 3. The Labute approximate surface area is 166 Å². The zero-order chi connectivity index (χ0) is 21.6. The molecule has 1 amide bonds. The number of ether oxygens (including phenoxy) is 4. The zero-order valence-corrected chi connectivity index (χ0v) is 16.3. The maximum atomic E-state index is 13.3. The highest BCUT2D eigenvalue weighted by Gasteiger charge is 2.23. The van der Waals surface area contributed by atoms with Gasteiger partial charge < -0.3 is 24.3 Å². The number of hydrogen-bond acceptors (Lipinski definition) is 6. The molecule has 29 heavy (non-hydrogen) atoms. The molecular weight excluding hydrogens is 386 g/mol. The van der Waals surface area contributed by atoms with Crippen molar-refractivity contribution in [2.45, 2.75) is 19.1 Å². The fourth-order valence-corrected chi connectivity index (χ4v) is 2.53. The van der Waals surface area contributed by atoms with Gasteiger partial charge in [0.15, 0.2) is 29.2 Å². The summed E-state index contributed by atoms with van der Waals surface area (Å²) in [5, 5.41) is 12.0. The van der Waals surface area contributed by atoms with Crippen LogP contribution < -0.4 is 24.3 Å². The minimum absolute atomic E-state index is 0.0205. The number of hydrogen-bond donors (Lipinski definition) is 1. The number of benzene rings is 2. The van der Waals surface area contributed by atoms with Crippen LogP contribution in [0.3, 0.4) is 0 Å². The lowest BCUT2D eigenvalue weighted by molar-refractivity contribution is -0.127. The molecular formula is C20H20F2N2O5. The van der Waals surface area contributed by atoms with Crippen molar-refractivity contribution in [3.05, 3.63) is 47.5 Å². The van der Waals surface area contributed by atoms with E-state index in [2.05, 4.69) is 5.32 Å². The largest absolute Gasteiger partial charge is 0.493 e. The van der Waals surface area contributed by atoms with Crippen LogP contribution in [0.15, 0.2) is 30.3 Å². The fourth-order valence-electron chi connectivity index (χ4n) is 2.53. The first-order valence-corrected chi connectivity index (χ1v) is 8.46. The number of amides is 1. The molecule has 0 heterocycles. The van der Waals surface area contributed by atoms with Crippen molar-refractivity contribution < 1.29 is 32.5 Å². The van der Waals surface area contributed by atoms with Crippen LogP contribution in [-0.4, -0.2) is 33.3 Å². The zero-order valence-electron chi connectivity index (χ0n) is 16.3. The minimum atomic E-state index is -1.09. The molecule has 2 aromatic rings. The van der Waals surface area contributed by atoms with Crippen molar-refractivity contribution >= 4 is 5.91 Å². The first-order chi connectivity index (χ1) is 13.8. The van der Waals surface area contributed by atoms with Crippen molar-refractivity contribution in [2.75, 3.05) is 21.3 Å². The van der Waals surface area contributed by atoms with Crippen LogP contribution >= 0.6 is 0 Å². The summed E-state index contributed by atoms with van der Waals surface area (Å²) < 4.78 is 47.3. The van der Waals surface area contributed by atoms with E-state index in [0.717, 1.165) is 12.1 Å². The molecule has 2 rings (SSSR count). The van der Waals surface area contributed by atoms with Crippen molar-refractivity contribution in [3.8, 4) is 29.1 Å². The third kappa shape index (κ3) is 5.04. The number of nitrogens with zero attached hydrogens (tertiary/aromatic N) is 1. The monoisotopic (exact) mass is 406 g/mol. The minimum Gasteiger partial charge on any atom is -0.493 e. The predicted octanol–water partition coefficient (Wildman–Crippen LogP) is 3.14. The Bertz CT molecular complexity index is 905. The van der Waals surface area contributed by atoms with Gasteiger partial charge in [0.2, 0.25) is 5.75 Å². The molecule has 7 nitrogen and oxygen atoms in total. The van der Waals surface area contributed by atoms with E-state index in [1.165, 1.54) is 46.5 Å². The molecule has 0 radical (unpaired) electrons. The summed E-state index contributed by atoms with van der Waals surface area (Å²) in [6.45, 7) is 1.42. The van der Waals surface area contributed by atoms with Gasteiger partial charge in [-0.15, -0.1) is 0 Å². The van der Waals surface area contributed by atoms with Crippen LogP contribution in [0.25, 0.3) is 0 Å².